The number of nitrogens with zero attached hydrogens (tertiary/aromatic N) is 3. The number of nitro benzene ring substituents is 1. The minimum absolute atomic E-state index is 0.0472. The maximum absolute atomic E-state index is 12.1. The first-order valence-corrected chi connectivity index (χ1v) is 7.35. The van der Waals surface area contributed by atoms with Gasteiger partial charge in [0.05, 0.1) is 10.2 Å². The van der Waals surface area contributed by atoms with Gasteiger partial charge in [-0.25, -0.2) is 9.97 Å². The van der Waals surface area contributed by atoms with Crippen molar-refractivity contribution in [3.8, 4) is 0 Å². The fourth-order valence-corrected chi connectivity index (χ4v) is 2.44. The highest BCUT2D eigenvalue weighted by molar-refractivity contribution is 8.00. The lowest BCUT2D eigenvalue weighted by Crippen LogP contribution is -2.22. The predicted molar refractivity (Wildman–Crippen MR) is 87.9 cm³/mol. The number of aromatic nitrogens is 2. The average molecular weight is 334 g/mol. The van der Waals surface area contributed by atoms with Crippen LogP contribution in [0.3, 0.4) is 0 Å². The van der Waals surface area contributed by atoms with E-state index in [1.807, 2.05) is 0 Å². The number of nitrogen functional groups attached to an aromatic ring is 2. The summed E-state index contributed by atoms with van der Waals surface area (Å²) in [6, 6.07) is 6.97. The molecule has 0 unspecified atom stereocenters. The molecular weight excluding hydrogens is 320 g/mol. The van der Waals surface area contributed by atoms with Crippen molar-refractivity contribution in [2.24, 2.45) is 0 Å². The van der Waals surface area contributed by atoms with Crippen LogP contribution < -0.4 is 16.8 Å². The Morgan fingerprint density at radius 3 is 2.35 bits per heavy atom. The lowest BCUT2D eigenvalue weighted by atomic mass is 10.3. The van der Waals surface area contributed by atoms with Crippen molar-refractivity contribution in [3.05, 3.63) is 40.4 Å². The monoisotopic (exact) mass is 334 g/mol. The van der Waals surface area contributed by atoms with Crippen molar-refractivity contribution in [2.75, 3.05) is 16.8 Å². The van der Waals surface area contributed by atoms with Crippen molar-refractivity contribution in [1.29, 1.82) is 0 Å². The predicted octanol–water partition coefficient (Wildman–Crippen LogP) is 1.67. The van der Waals surface area contributed by atoms with Gasteiger partial charge >= 0.3 is 0 Å². The number of carbonyl (C=O) groups excluding carboxylic acids is 1. The maximum Gasteiger partial charge on any atom is 0.269 e. The van der Waals surface area contributed by atoms with Crippen molar-refractivity contribution in [2.45, 2.75) is 17.3 Å². The number of carbonyl (C=O) groups is 1. The maximum atomic E-state index is 12.1. The van der Waals surface area contributed by atoms with E-state index in [9.17, 15) is 14.9 Å². The van der Waals surface area contributed by atoms with Gasteiger partial charge in [0.1, 0.15) is 11.6 Å². The molecule has 0 bridgehead atoms. The fraction of sp³-hybridized carbons (Fsp3) is 0.154. The van der Waals surface area contributed by atoms with Gasteiger partial charge in [-0.2, -0.15) is 0 Å². The number of benzene rings is 1. The second-order valence-electron chi connectivity index (χ2n) is 4.55. The van der Waals surface area contributed by atoms with E-state index < -0.39 is 10.2 Å². The number of non-ortho nitro benzene ring substituents is 1. The van der Waals surface area contributed by atoms with Crippen LogP contribution in [0, 0.1) is 10.1 Å². The Hall–Kier alpha value is -2.88. The summed E-state index contributed by atoms with van der Waals surface area (Å²) in [6.07, 6.45) is 0. The largest absolute Gasteiger partial charge is 0.383 e. The van der Waals surface area contributed by atoms with Crippen molar-refractivity contribution >= 4 is 40.7 Å². The minimum Gasteiger partial charge on any atom is -0.383 e. The standard InChI is InChI=1S/C13H14N6O3S/c1-7(23-13-17-10(14)6-11(15)18-13)12(20)16-8-2-4-9(5-3-8)19(21)22/h2-7H,1H3,(H,16,20)(H4,14,15,17,18)/t7-/m1/s1. The first-order valence-electron chi connectivity index (χ1n) is 6.47. The first kappa shape index (κ1) is 16.5. The summed E-state index contributed by atoms with van der Waals surface area (Å²) in [4.78, 5) is 30.2. The van der Waals surface area contributed by atoms with E-state index in [2.05, 4.69) is 15.3 Å². The molecule has 2 aromatic rings. The molecule has 10 heteroatoms. The molecule has 1 atom stereocenters. The third-order valence-electron chi connectivity index (χ3n) is 2.74. The topological polar surface area (TPSA) is 150 Å². The van der Waals surface area contributed by atoms with Gasteiger partial charge in [0.15, 0.2) is 5.16 Å². The molecule has 1 aromatic carbocycles. The van der Waals surface area contributed by atoms with Crippen LogP contribution in [0.4, 0.5) is 23.0 Å². The van der Waals surface area contributed by atoms with Crippen LogP contribution in [-0.2, 0) is 4.79 Å². The van der Waals surface area contributed by atoms with E-state index in [0.717, 1.165) is 11.8 Å². The van der Waals surface area contributed by atoms with Crippen LogP contribution >= 0.6 is 11.8 Å². The molecule has 0 aliphatic heterocycles. The van der Waals surface area contributed by atoms with Gasteiger partial charge in [0.25, 0.3) is 5.69 Å². The van der Waals surface area contributed by atoms with Gasteiger partial charge < -0.3 is 16.8 Å². The molecule has 120 valence electrons. The summed E-state index contributed by atoms with van der Waals surface area (Å²) >= 11 is 1.10. The highest BCUT2D eigenvalue weighted by Crippen LogP contribution is 2.23. The summed E-state index contributed by atoms with van der Waals surface area (Å²) < 4.78 is 0. The Labute approximate surface area is 135 Å². The molecule has 0 spiro atoms. The number of nitrogens with one attached hydrogen (secondary N) is 1. The van der Waals surface area contributed by atoms with Gasteiger partial charge in [0.2, 0.25) is 5.91 Å². The van der Waals surface area contributed by atoms with Crippen LogP contribution in [0.15, 0.2) is 35.5 Å². The van der Waals surface area contributed by atoms with E-state index in [1.165, 1.54) is 30.3 Å². The Kier molecular flexibility index (Phi) is 4.96. The summed E-state index contributed by atoms with van der Waals surface area (Å²) in [5.74, 6) is 0.152. The average Bonchev–Trinajstić information content (AvgIpc) is 2.46. The van der Waals surface area contributed by atoms with Gasteiger partial charge in [-0.3, -0.25) is 14.9 Å². The molecule has 0 fully saturated rings. The Morgan fingerprint density at radius 1 is 1.26 bits per heavy atom. The quantitative estimate of drug-likeness (QED) is 0.323. The third kappa shape index (κ3) is 4.54. The number of thioether (sulfide) groups is 1. The van der Waals surface area contributed by atoms with Gasteiger partial charge in [-0.05, 0) is 19.1 Å². The van der Waals surface area contributed by atoms with Crippen LogP contribution in [0.5, 0.6) is 0 Å². The SMILES string of the molecule is C[C@@H](Sc1nc(N)cc(N)n1)C(=O)Nc1ccc([N+](=O)[O-])cc1. The van der Waals surface area contributed by atoms with Crippen molar-refractivity contribution < 1.29 is 9.72 Å². The molecule has 0 saturated heterocycles. The summed E-state index contributed by atoms with van der Waals surface area (Å²) in [6.45, 7) is 1.67. The van der Waals surface area contributed by atoms with E-state index in [4.69, 9.17) is 11.5 Å². The Balaban J connectivity index is 2.00. The molecule has 2 rings (SSSR count). The lowest BCUT2D eigenvalue weighted by Gasteiger charge is -2.11. The zero-order chi connectivity index (χ0) is 17.0. The molecule has 9 nitrogen and oxygen atoms in total. The number of hydrogen-bond donors (Lipinski definition) is 3. The zero-order valence-corrected chi connectivity index (χ0v) is 12.9. The van der Waals surface area contributed by atoms with Crippen molar-refractivity contribution in [1.82, 2.24) is 9.97 Å². The molecule has 0 aliphatic carbocycles. The minimum atomic E-state index is -0.508. The highest BCUT2D eigenvalue weighted by atomic mass is 32.2. The first-order chi connectivity index (χ1) is 10.8. The summed E-state index contributed by atoms with van der Waals surface area (Å²) in [7, 11) is 0. The molecule has 1 aromatic heterocycles. The molecule has 1 amide bonds. The lowest BCUT2D eigenvalue weighted by molar-refractivity contribution is -0.384. The van der Waals surface area contributed by atoms with Crippen molar-refractivity contribution in [3.63, 3.8) is 0 Å². The van der Waals surface area contributed by atoms with Gasteiger partial charge in [-0.15, -0.1) is 0 Å². The van der Waals surface area contributed by atoms with Crippen LogP contribution in [0.25, 0.3) is 0 Å². The van der Waals surface area contributed by atoms with E-state index >= 15 is 0 Å². The Morgan fingerprint density at radius 2 is 1.83 bits per heavy atom. The van der Waals surface area contributed by atoms with E-state index in [-0.39, 0.29) is 23.2 Å². The zero-order valence-electron chi connectivity index (χ0n) is 12.1. The number of amides is 1. The molecular formula is C13H14N6O3S. The molecule has 23 heavy (non-hydrogen) atoms. The smallest absolute Gasteiger partial charge is 0.269 e. The van der Waals surface area contributed by atoms with E-state index in [0.29, 0.717) is 10.8 Å². The number of nitro groups is 1. The molecule has 0 radical (unpaired) electrons. The van der Waals surface area contributed by atoms with E-state index in [1.54, 1.807) is 6.92 Å². The normalized spacial score (nSPS) is 11.7. The fourth-order valence-electron chi connectivity index (χ4n) is 1.64. The molecule has 0 aliphatic rings. The van der Waals surface area contributed by atoms with Crippen LogP contribution in [0.1, 0.15) is 6.92 Å². The second-order valence-corrected chi connectivity index (χ2v) is 5.86. The number of nitrogens with two attached hydrogens (primary N) is 2. The summed E-state index contributed by atoms with van der Waals surface area (Å²) in [5.41, 5.74) is 11.6. The molecule has 1 heterocycles. The second kappa shape index (κ2) is 6.92. The third-order valence-corrected chi connectivity index (χ3v) is 3.70. The number of anilines is 3. The van der Waals surface area contributed by atoms with Crippen LogP contribution in [0.2, 0.25) is 0 Å². The summed E-state index contributed by atoms with van der Waals surface area (Å²) in [5, 5.41) is 13.0. The van der Waals surface area contributed by atoms with Gasteiger partial charge in [0, 0.05) is 23.9 Å². The van der Waals surface area contributed by atoms with Gasteiger partial charge in [-0.1, -0.05) is 11.8 Å². The molecule has 0 saturated carbocycles. The molecule has 5 N–H and O–H groups in total. The van der Waals surface area contributed by atoms with Crippen LogP contribution in [-0.4, -0.2) is 26.0 Å². The number of rotatable bonds is 5. The Bertz CT molecular complexity index is 717. The highest BCUT2D eigenvalue weighted by Gasteiger charge is 2.17. The number of hydrogen-bond acceptors (Lipinski definition) is 8.